The van der Waals surface area contributed by atoms with Gasteiger partial charge in [-0.3, -0.25) is 9.59 Å². The van der Waals surface area contributed by atoms with E-state index in [2.05, 4.69) is 15.4 Å². The first kappa shape index (κ1) is 22.5. The van der Waals surface area contributed by atoms with Crippen LogP contribution in [0.5, 0.6) is 0 Å². The Bertz CT molecular complexity index is 1150. The molecule has 0 saturated heterocycles. The van der Waals surface area contributed by atoms with Gasteiger partial charge in [-0.2, -0.15) is 0 Å². The van der Waals surface area contributed by atoms with Gasteiger partial charge < -0.3 is 10.6 Å². The van der Waals surface area contributed by atoms with Crippen molar-refractivity contribution in [2.24, 2.45) is 0 Å². The van der Waals surface area contributed by atoms with Gasteiger partial charge in [-0.15, -0.1) is 0 Å². The third-order valence-electron chi connectivity index (χ3n) is 4.68. The molecule has 3 aromatic rings. The minimum absolute atomic E-state index is 0.00156. The molecule has 8 heteroatoms. The van der Waals surface area contributed by atoms with Crippen molar-refractivity contribution in [1.29, 1.82) is 0 Å². The van der Waals surface area contributed by atoms with Gasteiger partial charge in [0.25, 0.3) is 5.91 Å². The summed E-state index contributed by atoms with van der Waals surface area (Å²) in [6.07, 6.45) is 0.0663. The average molecular weight is 440 g/mol. The molecule has 0 radical (unpaired) electrons. The molecule has 0 spiro atoms. The summed E-state index contributed by atoms with van der Waals surface area (Å²) < 4.78 is 26.5. The molecule has 7 nitrogen and oxygen atoms in total. The first-order chi connectivity index (χ1) is 14.9. The van der Waals surface area contributed by atoms with E-state index in [-0.39, 0.29) is 43.6 Å². The molecule has 31 heavy (non-hydrogen) atoms. The molecule has 0 aliphatic carbocycles. The number of sulfonamides is 1. The molecule has 0 fully saturated rings. The van der Waals surface area contributed by atoms with Crippen molar-refractivity contribution in [1.82, 2.24) is 15.4 Å². The standard InChI is InChI=1S/C23H25N3O4S/c27-22(24-14-15-31(29,30)26-17-18-6-2-1-3-7-18)12-13-25-23(28)21-11-10-19-8-4-5-9-20(19)16-21/h1-11,16,26H,12-15,17H2,(H,24,27)(H,25,28). The summed E-state index contributed by atoms with van der Waals surface area (Å²) in [7, 11) is -3.50. The molecule has 0 heterocycles. The second kappa shape index (κ2) is 10.7. The Morgan fingerprint density at radius 3 is 2.26 bits per heavy atom. The molecule has 0 aliphatic heterocycles. The second-order valence-electron chi connectivity index (χ2n) is 7.04. The van der Waals surface area contributed by atoms with Gasteiger partial charge in [0.2, 0.25) is 15.9 Å². The van der Waals surface area contributed by atoms with E-state index in [0.29, 0.717) is 5.56 Å². The molecule has 3 rings (SSSR count). The van der Waals surface area contributed by atoms with Crippen molar-refractivity contribution in [3.05, 3.63) is 83.9 Å². The molecule has 0 aliphatic rings. The fourth-order valence-corrected chi connectivity index (χ4v) is 3.90. The summed E-state index contributed by atoms with van der Waals surface area (Å²) in [6.45, 7) is 0.371. The fraction of sp³-hybridized carbons (Fsp3) is 0.217. The maximum Gasteiger partial charge on any atom is 0.251 e. The minimum atomic E-state index is -3.50. The summed E-state index contributed by atoms with van der Waals surface area (Å²) in [4.78, 5) is 24.2. The van der Waals surface area contributed by atoms with Crippen LogP contribution in [-0.4, -0.2) is 39.1 Å². The van der Waals surface area contributed by atoms with Gasteiger partial charge in [0, 0.05) is 31.6 Å². The van der Waals surface area contributed by atoms with Crippen molar-refractivity contribution < 1.29 is 18.0 Å². The van der Waals surface area contributed by atoms with Crippen LogP contribution in [0.2, 0.25) is 0 Å². The van der Waals surface area contributed by atoms with Crippen molar-refractivity contribution >= 4 is 32.6 Å². The zero-order chi connectivity index (χ0) is 22.1. The van der Waals surface area contributed by atoms with Crippen LogP contribution in [0.25, 0.3) is 10.8 Å². The third-order valence-corrected chi connectivity index (χ3v) is 6.01. The lowest BCUT2D eigenvalue weighted by Gasteiger charge is -2.09. The molecule has 3 N–H and O–H groups in total. The van der Waals surface area contributed by atoms with Gasteiger partial charge in [0.05, 0.1) is 5.75 Å². The van der Waals surface area contributed by atoms with E-state index >= 15 is 0 Å². The molecule has 0 bridgehead atoms. The van der Waals surface area contributed by atoms with Crippen LogP contribution in [0.4, 0.5) is 0 Å². The highest BCUT2D eigenvalue weighted by Gasteiger charge is 2.11. The molecule has 162 valence electrons. The van der Waals surface area contributed by atoms with Crippen molar-refractivity contribution in [2.45, 2.75) is 13.0 Å². The maximum atomic E-state index is 12.3. The summed E-state index contributed by atoms with van der Waals surface area (Å²) in [5, 5.41) is 7.29. The van der Waals surface area contributed by atoms with E-state index in [1.54, 1.807) is 12.1 Å². The molecular formula is C23H25N3O4S. The Labute approximate surface area is 181 Å². The summed E-state index contributed by atoms with van der Waals surface area (Å²) in [5.74, 6) is -0.794. The van der Waals surface area contributed by atoms with Crippen LogP contribution in [0.15, 0.2) is 72.8 Å². The normalized spacial score (nSPS) is 11.2. The van der Waals surface area contributed by atoms with E-state index in [9.17, 15) is 18.0 Å². The highest BCUT2D eigenvalue weighted by Crippen LogP contribution is 2.15. The summed E-state index contributed by atoms with van der Waals surface area (Å²) in [5.41, 5.74) is 1.38. The highest BCUT2D eigenvalue weighted by atomic mass is 32.2. The Balaban J connectivity index is 1.35. The monoisotopic (exact) mass is 439 g/mol. The van der Waals surface area contributed by atoms with E-state index < -0.39 is 10.0 Å². The number of hydrogen-bond acceptors (Lipinski definition) is 4. The van der Waals surface area contributed by atoms with Gasteiger partial charge in [-0.05, 0) is 28.5 Å². The lowest BCUT2D eigenvalue weighted by atomic mass is 10.1. The summed E-state index contributed by atoms with van der Waals surface area (Å²) >= 11 is 0. The number of nitrogens with one attached hydrogen (secondary N) is 3. The number of fused-ring (bicyclic) bond motifs is 1. The second-order valence-corrected chi connectivity index (χ2v) is 8.97. The topological polar surface area (TPSA) is 104 Å². The van der Waals surface area contributed by atoms with Gasteiger partial charge in [-0.25, -0.2) is 13.1 Å². The van der Waals surface area contributed by atoms with Gasteiger partial charge >= 0.3 is 0 Å². The first-order valence-corrected chi connectivity index (χ1v) is 11.6. The van der Waals surface area contributed by atoms with E-state index in [1.165, 1.54) is 0 Å². The Hall–Kier alpha value is -3.23. The number of benzene rings is 3. The SMILES string of the molecule is O=C(CCNC(=O)c1ccc2ccccc2c1)NCCS(=O)(=O)NCc1ccccc1. The van der Waals surface area contributed by atoms with Crippen LogP contribution < -0.4 is 15.4 Å². The van der Waals surface area contributed by atoms with Crippen molar-refractivity contribution in [3.63, 3.8) is 0 Å². The van der Waals surface area contributed by atoms with E-state index in [1.807, 2.05) is 60.7 Å². The van der Waals surface area contributed by atoms with Gasteiger partial charge in [-0.1, -0.05) is 60.7 Å². The number of carbonyl (C=O) groups is 2. The highest BCUT2D eigenvalue weighted by molar-refractivity contribution is 7.89. The predicted molar refractivity (Wildman–Crippen MR) is 121 cm³/mol. The molecular weight excluding hydrogens is 414 g/mol. The Kier molecular flexibility index (Phi) is 7.75. The molecule has 0 unspecified atom stereocenters. The number of carbonyl (C=O) groups excluding carboxylic acids is 2. The quantitative estimate of drug-likeness (QED) is 0.450. The largest absolute Gasteiger partial charge is 0.355 e. The Morgan fingerprint density at radius 2 is 1.48 bits per heavy atom. The first-order valence-electron chi connectivity index (χ1n) is 9.98. The maximum absolute atomic E-state index is 12.3. The Morgan fingerprint density at radius 1 is 0.774 bits per heavy atom. The van der Waals surface area contributed by atoms with Gasteiger partial charge in [0.15, 0.2) is 0 Å². The predicted octanol–water partition coefficient (Wildman–Crippen LogP) is 2.20. The lowest BCUT2D eigenvalue weighted by molar-refractivity contribution is -0.120. The number of amides is 2. The zero-order valence-corrected chi connectivity index (χ0v) is 17.8. The van der Waals surface area contributed by atoms with Crippen LogP contribution >= 0.6 is 0 Å². The van der Waals surface area contributed by atoms with Crippen LogP contribution in [0, 0.1) is 0 Å². The minimum Gasteiger partial charge on any atom is -0.355 e. The fourth-order valence-electron chi connectivity index (χ4n) is 3.00. The van der Waals surface area contributed by atoms with Crippen LogP contribution in [0.3, 0.4) is 0 Å². The molecule has 3 aromatic carbocycles. The molecule has 2 amide bonds. The van der Waals surface area contributed by atoms with Crippen LogP contribution in [-0.2, 0) is 21.4 Å². The van der Waals surface area contributed by atoms with Gasteiger partial charge in [0.1, 0.15) is 0 Å². The van der Waals surface area contributed by atoms with E-state index in [0.717, 1.165) is 16.3 Å². The zero-order valence-electron chi connectivity index (χ0n) is 17.0. The van der Waals surface area contributed by atoms with E-state index in [4.69, 9.17) is 0 Å². The smallest absolute Gasteiger partial charge is 0.251 e. The molecule has 0 saturated carbocycles. The lowest BCUT2D eigenvalue weighted by Crippen LogP contribution is -2.35. The number of rotatable bonds is 10. The van der Waals surface area contributed by atoms with Crippen molar-refractivity contribution in [2.75, 3.05) is 18.8 Å². The van der Waals surface area contributed by atoms with Crippen molar-refractivity contribution in [3.8, 4) is 0 Å². The van der Waals surface area contributed by atoms with Crippen LogP contribution in [0.1, 0.15) is 22.3 Å². The molecule has 0 atom stereocenters. The summed E-state index contributed by atoms with van der Waals surface area (Å²) in [6, 6.07) is 22.4. The molecule has 0 aromatic heterocycles. The number of hydrogen-bond donors (Lipinski definition) is 3. The average Bonchev–Trinajstić information content (AvgIpc) is 2.78. The third kappa shape index (κ3) is 7.20.